The maximum absolute atomic E-state index is 13.7. The van der Waals surface area contributed by atoms with E-state index in [4.69, 9.17) is 0 Å². The summed E-state index contributed by atoms with van der Waals surface area (Å²) >= 11 is 3.31. The van der Waals surface area contributed by atoms with Gasteiger partial charge in [-0.3, -0.25) is 4.79 Å². The maximum Gasteiger partial charge on any atom is 0.255 e. The number of aromatic nitrogens is 2. The minimum Gasteiger partial charge on any atom is -0.345 e. The number of amides is 1. The van der Waals surface area contributed by atoms with Crippen LogP contribution in [0.3, 0.4) is 0 Å². The molecule has 2 aromatic rings. The Morgan fingerprint density at radius 2 is 2.22 bits per heavy atom. The highest BCUT2D eigenvalue weighted by Gasteiger charge is 2.28. The number of aryl methyl sites for hydroxylation is 1. The van der Waals surface area contributed by atoms with Gasteiger partial charge in [-0.25, -0.2) is 14.4 Å². The van der Waals surface area contributed by atoms with Gasteiger partial charge in [0.25, 0.3) is 5.91 Å². The molecule has 23 heavy (non-hydrogen) atoms. The molecule has 3 rings (SSSR count). The molecule has 1 fully saturated rings. The average Bonchev–Trinajstić information content (AvgIpc) is 3.30. The lowest BCUT2D eigenvalue weighted by Crippen LogP contribution is -2.30. The van der Waals surface area contributed by atoms with E-state index in [1.165, 1.54) is 24.7 Å². The van der Waals surface area contributed by atoms with Gasteiger partial charge >= 0.3 is 0 Å². The highest BCUT2D eigenvalue weighted by atomic mass is 79.9. The zero-order chi connectivity index (χ0) is 16.4. The summed E-state index contributed by atoms with van der Waals surface area (Å²) in [5, 5.41) is 3.01. The first-order valence-electron chi connectivity index (χ1n) is 7.56. The SMILES string of the molecule is Cc1ncncc1C(=O)NC(CC1CC1)c1cc(F)cc(Br)c1. The fourth-order valence-corrected chi connectivity index (χ4v) is 3.07. The van der Waals surface area contributed by atoms with Crippen molar-refractivity contribution in [2.45, 2.75) is 32.2 Å². The molecule has 0 bridgehead atoms. The van der Waals surface area contributed by atoms with Crippen LogP contribution in [0.2, 0.25) is 0 Å². The fourth-order valence-electron chi connectivity index (χ4n) is 2.59. The van der Waals surface area contributed by atoms with Crippen LogP contribution >= 0.6 is 15.9 Å². The van der Waals surface area contributed by atoms with Gasteiger partial charge in [-0.15, -0.1) is 0 Å². The van der Waals surface area contributed by atoms with E-state index in [1.54, 1.807) is 6.92 Å². The van der Waals surface area contributed by atoms with Gasteiger partial charge in [0.15, 0.2) is 0 Å². The van der Waals surface area contributed by atoms with Gasteiger partial charge in [-0.2, -0.15) is 0 Å². The third-order valence-electron chi connectivity index (χ3n) is 4.01. The van der Waals surface area contributed by atoms with Gasteiger partial charge in [0.2, 0.25) is 0 Å². The quantitative estimate of drug-likeness (QED) is 0.857. The second-order valence-corrected chi connectivity index (χ2v) is 6.85. The van der Waals surface area contributed by atoms with E-state index < -0.39 is 0 Å². The third-order valence-corrected chi connectivity index (χ3v) is 4.47. The summed E-state index contributed by atoms with van der Waals surface area (Å²) in [5.41, 5.74) is 1.85. The molecule has 1 aromatic carbocycles. The Morgan fingerprint density at radius 3 is 2.87 bits per heavy atom. The summed E-state index contributed by atoms with van der Waals surface area (Å²) in [5.74, 6) is 0.0493. The molecule has 6 heteroatoms. The van der Waals surface area contributed by atoms with Gasteiger partial charge in [-0.1, -0.05) is 28.8 Å². The molecule has 0 radical (unpaired) electrons. The lowest BCUT2D eigenvalue weighted by molar-refractivity contribution is 0.0932. The van der Waals surface area contributed by atoms with Crippen molar-refractivity contribution in [3.63, 3.8) is 0 Å². The fraction of sp³-hybridized carbons (Fsp3) is 0.353. The Kier molecular flexibility index (Phi) is 4.71. The number of nitrogens with one attached hydrogen (secondary N) is 1. The van der Waals surface area contributed by atoms with Crippen molar-refractivity contribution in [3.05, 3.63) is 57.8 Å². The first-order chi connectivity index (χ1) is 11.0. The third kappa shape index (κ3) is 4.13. The van der Waals surface area contributed by atoms with Crippen LogP contribution in [0.15, 0.2) is 35.2 Å². The molecule has 0 aliphatic heterocycles. The average molecular weight is 378 g/mol. The molecule has 0 spiro atoms. The van der Waals surface area contributed by atoms with Crippen molar-refractivity contribution in [3.8, 4) is 0 Å². The van der Waals surface area contributed by atoms with Crippen LogP contribution in [0.5, 0.6) is 0 Å². The number of halogens is 2. The molecule has 4 nitrogen and oxygen atoms in total. The van der Waals surface area contributed by atoms with Crippen LogP contribution in [0, 0.1) is 18.7 Å². The van der Waals surface area contributed by atoms with Crippen molar-refractivity contribution in [2.24, 2.45) is 5.92 Å². The van der Waals surface area contributed by atoms with Gasteiger partial charge < -0.3 is 5.32 Å². The van der Waals surface area contributed by atoms with Crippen LogP contribution in [0.25, 0.3) is 0 Å². The van der Waals surface area contributed by atoms with E-state index in [0.717, 1.165) is 24.8 Å². The summed E-state index contributed by atoms with van der Waals surface area (Å²) in [7, 11) is 0. The number of carbonyl (C=O) groups is 1. The van der Waals surface area contributed by atoms with Crippen LogP contribution < -0.4 is 5.32 Å². The highest BCUT2D eigenvalue weighted by molar-refractivity contribution is 9.10. The standard InChI is InChI=1S/C17H17BrFN3O/c1-10-15(8-20-9-21-10)17(23)22-16(4-11-2-3-11)12-5-13(18)7-14(19)6-12/h5-9,11,16H,2-4H2,1H3,(H,22,23). The molecule has 1 unspecified atom stereocenters. The zero-order valence-corrected chi connectivity index (χ0v) is 14.3. The summed E-state index contributed by atoms with van der Waals surface area (Å²) in [6.07, 6.45) is 6.06. The van der Waals surface area contributed by atoms with Crippen molar-refractivity contribution in [2.75, 3.05) is 0 Å². The Labute approximate surface area is 142 Å². The maximum atomic E-state index is 13.7. The van der Waals surface area contributed by atoms with Crippen molar-refractivity contribution in [1.29, 1.82) is 0 Å². The lowest BCUT2D eigenvalue weighted by atomic mass is 10.0. The Hall–Kier alpha value is -1.82. The van der Waals surface area contributed by atoms with E-state index in [9.17, 15) is 9.18 Å². The van der Waals surface area contributed by atoms with Gasteiger partial charge in [0.05, 0.1) is 17.3 Å². The largest absolute Gasteiger partial charge is 0.345 e. The smallest absolute Gasteiger partial charge is 0.255 e. The lowest BCUT2D eigenvalue weighted by Gasteiger charge is -2.20. The van der Waals surface area contributed by atoms with E-state index in [0.29, 0.717) is 21.6 Å². The summed E-state index contributed by atoms with van der Waals surface area (Å²) in [6.45, 7) is 1.77. The minimum absolute atomic E-state index is 0.221. The number of hydrogen-bond acceptors (Lipinski definition) is 3. The summed E-state index contributed by atoms with van der Waals surface area (Å²) < 4.78 is 14.4. The van der Waals surface area contributed by atoms with Gasteiger partial charge in [0, 0.05) is 10.7 Å². The molecule has 1 atom stereocenters. The summed E-state index contributed by atoms with van der Waals surface area (Å²) in [4.78, 5) is 20.5. The van der Waals surface area contributed by atoms with Crippen LogP contribution in [-0.2, 0) is 0 Å². The topological polar surface area (TPSA) is 54.9 Å². The molecule has 1 N–H and O–H groups in total. The molecule has 1 heterocycles. The number of nitrogens with zero attached hydrogens (tertiary/aromatic N) is 2. The normalized spacial score (nSPS) is 15.3. The van der Waals surface area contributed by atoms with Crippen LogP contribution in [-0.4, -0.2) is 15.9 Å². The molecule has 1 aromatic heterocycles. The van der Waals surface area contributed by atoms with Crippen molar-refractivity contribution >= 4 is 21.8 Å². The zero-order valence-electron chi connectivity index (χ0n) is 12.7. The predicted octanol–water partition coefficient (Wildman–Crippen LogP) is 3.96. The van der Waals surface area contributed by atoms with Crippen LogP contribution in [0.4, 0.5) is 4.39 Å². The van der Waals surface area contributed by atoms with Gasteiger partial charge in [0.1, 0.15) is 12.1 Å². The Morgan fingerprint density at radius 1 is 1.43 bits per heavy atom. The Balaban J connectivity index is 1.84. The van der Waals surface area contributed by atoms with E-state index in [2.05, 4.69) is 31.2 Å². The molecule has 1 amide bonds. The van der Waals surface area contributed by atoms with Crippen molar-refractivity contribution < 1.29 is 9.18 Å². The summed E-state index contributed by atoms with van der Waals surface area (Å²) in [6, 6.07) is 4.52. The molecule has 120 valence electrons. The first kappa shape index (κ1) is 16.1. The first-order valence-corrected chi connectivity index (χ1v) is 8.35. The monoisotopic (exact) mass is 377 g/mol. The number of benzene rings is 1. The molecular formula is C17H17BrFN3O. The second-order valence-electron chi connectivity index (χ2n) is 5.93. The molecular weight excluding hydrogens is 361 g/mol. The van der Waals surface area contributed by atoms with E-state index in [-0.39, 0.29) is 17.8 Å². The molecule has 0 saturated heterocycles. The van der Waals surface area contributed by atoms with Crippen LogP contribution in [0.1, 0.15) is 46.9 Å². The van der Waals surface area contributed by atoms with E-state index >= 15 is 0 Å². The Bertz CT molecular complexity index is 713. The number of carbonyl (C=O) groups excluding carboxylic acids is 1. The predicted molar refractivity (Wildman–Crippen MR) is 88.4 cm³/mol. The molecule has 1 aliphatic carbocycles. The van der Waals surface area contributed by atoms with Crippen molar-refractivity contribution in [1.82, 2.24) is 15.3 Å². The second kappa shape index (κ2) is 6.74. The highest BCUT2D eigenvalue weighted by Crippen LogP contribution is 2.38. The minimum atomic E-state index is -0.316. The number of rotatable bonds is 5. The number of hydrogen-bond donors (Lipinski definition) is 1. The van der Waals surface area contributed by atoms with Gasteiger partial charge in [-0.05, 0) is 43.0 Å². The molecule has 1 saturated carbocycles. The molecule has 1 aliphatic rings. The van der Waals surface area contributed by atoms with E-state index in [1.807, 2.05) is 6.07 Å².